The van der Waals surface area contributed by atoms with Gasteiger partial charge in [0, 0.05) is 5.56 Å². The fourth-order valence-corrected chi connectivity index (χ4v) is 14.8. The Morgan fingerprint density at radius 1 is 0.202 bits per heavy atom. The van der Waals surface area contributed by atoms with Gasteiger partial charge in [0.05, 0.1) is 56.2 Å². The van der Waals surface area contributed by atoms with Gasteiger partial charge in [0.2, 0.25) is 0 Å². The first-order chi connectivity index (χ1) is 51.8. The highest BCUT2D eigenvalue weighted by molar-refractivity contribution is 7.20. The summed E-state index contributed by atoms with van der Waals surface area (Å²) < 4.78 is 442. The first-order valence-electron chi connectivity index (χ1n) is 36.1. The molecular weight excluding hydrogens is 1510 g/mol. The van der Waals surface area contributed by atoms with Crippen LogP contribution in [0, 0.1) is 170 Å². The van der Waals surface area contributed by atoms with Crippen molar-refractivity contribution < 1.29 is 128 Å². The molecule has 1 nitrogen and oxygen atoms in total. The fourth-order valence-electron chi connectivity index (χ4n) is 14.8. The Morgan fingerprint density at radius 3 is 0.560 bits per heavy atom. The fraction of sp³-hybridized carbons (Fsp3) is 0.418. The van der Waals surface area contributed by atoms with E-state index in [4.69, 9.17) is 0 Å². The molecule has 9 rings (SSSR count). The molecule has 0 aliphatic heterocycles. The molecule has 0 bridgehead atoms. The average molecular weight is 1580 g/mol. The smallest absolute Gasteiger partial charge is 0.198 e. The summed E-state index contributed by atoms with van der Waals surface area (Å²) in [6.07, 6.45) is 32.5. The van der Waals surface area contributed by atoms with E-state index in [2.05, 4.69) is 45.0 Å². The molecule has 0 saturated heterocycles. The molecule has 0 heterocycles. The van der Waals surface area contributed by atoms with Gasteiger partial charge in [0.1, 0.15) is 58.4 Å². The van der Waals surface area contributed by atoms with Crippen LogP contribution in [0.2, 0.25) is 0 Å². The number of halogens is 28. The van der Waals surface area contributed by atoms with Crippen molar-refractivity contribution in [1.29, 1.82) is 0 Å². The second-order valence-corrected chi connectivity index (χ2v) is 27.4. The standard InChI is InChI=1S/C40BF28.C39H73N/c42-13-1-5(25(54)37(66)33(62)21(1)50)17(46)29(58)9(13)41(10-14(43)2-6(18(47)30(10)59)26(55)38(67)34(63)22(2)51,11-15(44)3-7(19(48)31(11)60)27(56)39(68)35(64)23(3)52)12-16(45)4-8(20(49)32(12)61)28(57)40(69)36(65)24(4)53;1-4-6-8-10-12-14-16-18-20-22-24-26-28-32-36-40(39-35-31-30-34-38(39)3)37-33-29-27-25-23-21-19-17-15-13-11-9-7-5-2/h;30-31,34-35H,4-29,32-33,36-37H2,1-3H3/q-1;/p+1. The van der Waals surface area contributed by atoms with Crippen molar-refractivity contribution in [2.45, 2.75) is 201 Å². The summed E-state index contributed by atoms with van der Waals surface area (Å²) in [5.74, 6) is -102. The Morgan fingerprint density at radius 2 is 0.367 bits per heavy atom. The molecule has 9 aromatic carbocycles. The van der Waals surface area contributed by atoms with Gasteiger partial charge in [-0.2, -0.15) is 0 Å². The zero-order valence-corrected chi connectivity index (χ0v) is 59.2. The molecule has 109 heavy (non-hydrogen) atoms. The van der Waals surface area contributed by atoms with E-state index >= 15 is 87.8 Å². The van der Waals surface area contributed by atoms with E-state index < -0.39 is 234 Å². The monoisotopic (exact) mass is 1580 g/mol. The number of quaternary nitrogens is 1. The molecule has 0 spiro atoms. The zero-order chi connectivity index (χ0) is 80.4. The van der Waals surface area contributed by atoms with Crippen molar-refractivity contribution in [3.05, 3.63) is 193 Å². The third-order valence-electron chi connectivity index (χ3n) is 20.4. The van der Waals surface area contributed by atoms with Crippen LogP contribution in [0.25, 0.3) is 43.1 Å². The van der Waals surface area contributed by atoms with Crippen LogP contribution < -0.4 is 26.8 Å². The molecular formula is C79H74BF28N. The van der Waals surface area contributed by atoms with Crippen molar-refractivity contribution in [3.63, 3.8) is 0 Å². The molecule has 9 aromatic rings. The second-order valence-electron chi connectivity index (χ2n) is 27.4. The predicted molar refractivity (Wildman–Crippen MR) is 361 cm³/mol. The minimum absolute atomic E-state index is 1.32. The van der Waals surface area contributed by atoms with E-state index in [1.165, 1.54) is 198 Å². The average Bonchev–Trinajstić information content (AvgIpc) is 0.668. The lowest BCUT2D eigenvalue weighted by molar-refractivity contribution is -0.833. The first kappa shape index (κ1) is 86.7. The summed E-state index contributed by atoms with van der Waals surface area (Å²) >= 11 is 0. The lowest BCUT2D eigenvalue weighted by atomic mass is 9.12. The quantitative estimate of drug-likeness (QED) is 0.0133. The number of para-hydroxylation sites is 1. The summed E-state index contributed by atoms with van der Waals surface area (Å²) in [6.45, 7) is 9.57. The number of aryl methyl sites for hydroxylation is 1. The number of hydrogen-bond acceptors (Lipinski definition) is 0. The summed E-state index contributed by atoms with van der Waals surface area (Å²) in [7, 11) is 0. The van der Waals surface area contributed by atoms with E-state index in [0.717, 1.165) is 0 Å². The van der Waals surface area contributed by atoms with Crippen LogP contribution >= 0.6 is 0 Å². The van der Waals surface area contributed by atoms with Gasteiger partial charge in [0.15, 0.2) is 116 Å². The van der Waals surface area contributed by atoms with E-state index in [0.29, 0.717) is 0 Å². The molecule has 0 radical (unpaired) electrons. The molecule has 0 aliphatic carbocycles. The van der Waals surface area contributed by atoms with Crippen LogP contribution in [-0.4, -0.2) is 19.2 Å². The van der Waals surface area contributed by atoms with Gasteiger partial charge < -0.3 is 4.90 Å². The van der Waals surface area contributed by atoms with Crippen molar-refractivity contribution in [1.82, 2.24) is 0 Å². The summed E-state index contributed by atoms with van der Waals surface area (Å²) in [5, 5.41) is -25.0. The van der Waals surface area contributed by atoms with Gasteiger partial charge in [0.25, 0.3) is 0 Å². The molecule has 0 fully saturated rings. The lowest BCUT2D eigenvalue weighted by Gasteiger charge is -2.45. The molecule has 594 valence electrons. The molecule has 1 N–H and O–H groups in total. The number of unbranched alkanes of at least 4 members (excludes halogenated alkanes) is 26. The molecule has 0 unspecified atom stereocenters. The Kier molecular flexibility index (Phi) is 30.1. The topological polar surface area (TPSA) is 4.44 Å². The molecule has 30 heteroatoms. The molecule has 0 aromatic heterocycles. The minimum Gasteiger partial charge on any atom is -0.302 e. The van der Waals surface area contributed by atoms with Gasteiger partial charge in [-0.3, -0.25) is 0 Å². The van der Waals surface area contributed by atoms with E-state index in [1.54, 1.807) is 10.6 Å². The van der Waals surface area contributed by atoms with Crippen LogP contribution in [0.15, 0.2) is 24.3 Å². The highest BCUT2D eigenvalue weighted by atomic mass is 19.2. The van der Waals surface area contributed by atoms with Gasteiger partial charge in [-0.25, -0.2) is 123 Å². The summed E-state index contributed by atoms with van der Waals surface area (Å²) in [4.78, 5) is 1.75. The summed E-state index contributed by atoms with van der Waals surface area (Å²) in [6, 6.07) is 9.15. The number of rotatable bonds is 35. The zero-order valence-electron chi connectivity index (χ0n) is 59.2. The van der Waals surface area contributed by atoms with Crippen molar-refractivity contribution in [3.8, 4) is 0 Å². The van der Waals surface area contributed by atoms with E-state index in [9.17, 15) is 35.1 Å². The SMILES string of the molecule is CCCCCCCCCCCCCCCC[NH+](CCCCCCCCCCCCCCCC)c1ccccc1C.Fc1c(F)c(F)c2c(F)c([B-](c3c(F)c(F)c4c(F)c(F)c(F)c(F)c4c3F)(c3c(F)c(F)c4c(F)c(F)c(F)c(F)c4c3F)c3c(F)c(F)c4c(F)c(F)c(F)c(F)c4c3F)c(F)c(F)c2c1F. The highest BCUT2D eigenvalue weighted by Crippen LogP contribution is 2.41. The van der Waals surface area contributed by atoms with E-state index in [1.807, 2.05) is 0 Å². The maximum absolute atomic E-state index is 17.4. The Balaban J connectivity index is 0.000000320. The largest absolute Gasteiger partial charge is 0.302 e. The number of nitrogens with one attached hydrogen (secondary N) is 1. The lowest BCUT2D eigenvalue weighted by Crippen LogP contribution is -3.07. The Hall–Kier alpha value is -7.92. The Labute approximate surface area is 608 Å². The van der Waals surface area contributed by atoms with Crippen molar-refractivity contribution in [2.24, 2.45) is 0 Å². The van der Waals surface area contributed by atoms with Crippen LogP contribution in [0.1, 0.15) is 199 Å². The maximum atomic E-state index is 17.4. The molecule has 0 aliphatic rings. The van der Waals surface area contributed by atoms with Crippen molar-refractivity contribution in [2.75, 3.05) is 13.1 Å². The van der Waals surface area contributed by atoms with Gasteiger partial charge in [-0.1, -0.05) is 186 Å². The van der Waals surface area contributed by atoms with Crippen LogP contribution in [0.3, 0.4) is 0 Å². The van der Waals surface area contributed by atoms with Crippen molar-refractivity contribution >= 4 is 76.8 Å². The molecule has 0 saturated carbocycles. The highest BCUT2D eigenvalue weighted by Gasteiger charge is 2.53. The van der Waals surface area contributed by atoms with Crippen LogP contribution in [0.4, 0.5) is 129 Å². The predicted octanol–water partition coefficient (Wildman–Crippen LogP) is 24.0. The third-order valence-corrected chi connectivity index (χ3v) is 20.4. The number of hydrogen-bond donors (Lipinski definition) is 1. The first-order valence-corrected chi connectivity index (χ1v) is 36.1. The Bertz CT molecular complexity index is 4310. The minimum atomic E-state index is -7.99. The second kappa shape index (κ2) is 37.9. The number of benzene rings is 9. The van der Waals surface area contributed by atoms with Gasteiger partial charge >= 0.3 is 0 Å². The molecule has 0 amide bonds. The van der Waals surface area contributed by atoms with Crippen LogP contribution in [-0.2, 0) is 0 Å². The number of fused-ring (bicyclic) bond motifs is 4. The third kappa shape index (κ3) is 16.8. The summed E-state index contributed by atoms with van der Waals surface area (Å²) in [5.41, 5.74) is -12.8. The van der Waals surface area contributed by atoms with Gasteiger partial charge in [-0.15, -0.1) is 21.9 Å². The van der Waals surface area contributed by atoms with Crippen LogP contribution in [0.5, 0.6) is 0 Å². The van der Waals surface area contributed by atoms with E-state index in [-0.39, 0.29) is 0 Å². The molecule has 0 atom stereocenters. The maximum Gasteiger partial charge on any atom is 0.198 e. The van der Waals surface area contributed by atoms with Gasteiger partial charge in [-0.05, 0) is 38.7 Å². The normalized spacial score (nSPS) is 12.1.